The summed E-state index contributed by atoms with van der Waals surface area (Å²) in [5.74, 6) is -1.59. The zero-order valence-corrected chi connectivity index (χ0v) is 9.02. The molecule has 1 unspecified atom stereocenters. The van der Waals surface area contributed by atoms with Crippen molar-refractivity contribution in [3.63, 3.8) is 0 Å². The summed E-state index contributed by atoms with van der Waals surface area (Å²) in [6.07, 6.45) is -1.63. The Morgan fingerprint density at radius 3 is 2.20 bits per heavy atom. The van der Waals surface area contributed by atoms with Crippen LogP contribution in [0.25, 0.3) is 0 Å². The van der Waals surface area contributed by atoms with Crippen LogP contribution in [-0.4, -0.2) is 34.9 Å². The Hall–Kier alpha value is -1.14. The Morgan fingerprint density at radius 2 is 1.80 bits per heavy atom. The average Bonchev–Trinajstić information content (AvgIpc) is 2.12. The van der Waals surface area contributed by atoms with E-state index in [-0.39, 0.29) is 0 Å². The predicted molar refractivity (Wildman–Crippen MR) is 49.3 cm³/mol. The fourth-order valence-electron chi connectivity index (χ4n) is 0.500. The van der Waals surface area contributed by atoms with E-state index in [2.05, 4.69) is 9.78 Å². The summed E-state index contributed by atoms with van der Waals surface area (Å²) in [5, 5.41) is 17.3. The molecule has 0 aliphatic heterocycles. The SMILES string of the molecule is CC(C)(C)C(=O)OOC(=O)CC(O)CO. The summed E-state index contributed by atoms with van der Waals surface area (Å²) in [5.41, 5.74) is -0.768. The first-order chi connectivity index (χ1) is 6.77. The number of carbonyl (C=O) groups excluding carboxylic acids is 2. The van der Waals surface area contributed by atoms with E-state index in [1.807, 2.05) is 0 Å². The molecule has 88 valence electrons. The van der Waals surface area contributed by atoms with Gasteiger partial charge in [-0.2, -0.15) is 0 Å². The van der Waals surface area contributed by atoms with Crippen LogP contribution in [0.1, 0.15) is 27.2 Å². The highest BCUT2D eigenvalue weighted by Gasteiger charge is 2.26. The summed E-state index contributed by atoms with van der Waals surface area (Å²) in [7, 11) is 0. The molecule has 0 aliphatic rings. The largest absolute Gasteiger partial charge is 0.394 e. The smallest absolute Gasteiger partial charge is 0.360 e. The Kier molecular flexibility index (Phi) is 5.24. The Morgan fingerprint density at radius 1 is 1.27 bits per heavy atom. The molecule has 15 heavy (non-hydrogen) atoms. The summed E-state index contributed by atoms with van der Waals surface area (Å²) in [6, 6.07) is 0. The second-order valence-electron chi connectivity index (χ2n) is 4.12. The van der Waals surface area contributed by atoms with Gasteiger partial charge in [0, 0.05) is 0 Å². The molecular weight excluding hydrogens is 204 g/mol. The number of hydrogen-bond donors (Lipinski definition) is 2. The maximum atomic E-state index is 11.1. The standard InChI is InChI=1S/C9H16O6/c1-9(2,3)8(13)15-14-7(12)4-6(11)5-10/h6,10-11H,4-5H2,1-3H3. The van der Waals surface area contributed by atoms with Gasteiger partial charge in [0.25, 0.3) is 0 Å². The molecule has 0 bridgehead atoms. The van der Waals surface area contributed by atoms with Crippen LogP contribution in [0.5, 0.6) is 0 Å². The van der Waals surface area contributed by atoms with Crippen molar-refractivity contribution in [3.8, 4) is 0 Å². The molecule has 6 nitrogen and oxygen atoms in total. The van der Waals surface area contributed by atoms with Crippen molar-refractivity contribution in [1.82, 2.24) is 0 Å². The molecule has 2 N–H and O–H groups in total. The molecule has 0 saturated heterocycles. The minimum absolute atomic E-state index is 0.423. The Balaban J connectivity index is 3.87. The van der Waals surface area contributed by atoms with Gasteiger partial charge in [-0.3, -0.25) is 0 Å². The van der Waals surface area contributed by atoms with E-state index in [0.717, 1.165) is 0 Å². The number of rotatable bonds is 3. The van der Waals surface area contributed by atoms with Gasteiger partial charge in [-0.05, 0) is 20.8 Å². The zero-order chi connectivity index (χ0) is 12.1. The van der Waals surface area contributed by atoms with Crippen LogP contribution in [0.15, 0.2) is 0 Å². The van der Waals surface area contributed by atoms with Crippen LogP contribution < -0.4 is 0 Å². The molecule has 0 aliphatic carbocycles. The van der Waals surface area contributed by atoms with Crippen molar-refractivity contribution < 1.29 is 29.6 Å². The molecule has 0 spiro atoms. The minimum Gasteiger partial charge on any atom is -0.394 e. The summed E-state index contributed by atoms with van der Waals surface area (Å²) in [6.45, 7) is 4.26. The van der Waals surface area contributed by atoms with Crippen LogP contribution >= 0.6 is 0 Å². The molecule has 0 radical (unpaired) electrons. The quantitative estimate of drug-likeness (QED) is 0.504. The second-order valence-corrected chi connectivity index (χ2v) is 4.12. The van der Waals surface area contributed by atoms with E-state index in [0.29, 0.717) is 0 Å². The fraction of sp³-hybridized carbons (Fsp3) is 0.778. The topological polar surface area (TPSA) is 93.1 Å². The van der Waals surface area contributed by atoms with Gasteiger partial charge in [0.2, 0.25) is 0 Å². The molecule has 0 fully saturated rings. The van der Waals surface area contributed by atoms with Crippen LogP contribution in [0.3, 0.4) is 0 Å². The van der Waals surface area contributed by atoms with Crippen molar-refractivity contribution >= 4 is 11.9 Å². The highest BCUT2D eigenvalue weighted by molar-refractivity contribution is 5.76. The highest BCUT2D eigenvalue weighted by atomic mass is 17.2. The summed E-state index contributed by atoms with van der Waals surface area (Å²) >= 11 is 0. The van der Waals surface area contributed by atoms with Crippen LogP contribution in [0.2, 0.25) is 0 Å². The van der Waals surface area contributed by atoms with Gasteiger partial charge in [-0.15, -0.1) is 0 Å². The Labute approximate surface area is 87.7 Å². The average molecular weight is 220 g/mol. The molecule has 0 saturated carbocycles. The second kappa shape index (κ2) is 5.67. The van der Waals surface area contributed by atoms with Gasteiger partial charge < -0.3 is 10.2 Å². The molecule has 0 aromatic rings. The van der Waals surface area contributed by atoms with Crippen LogP contribution in [0, 0.1) is 5.41 Å². The lowest BCUT2D eigenvalue weighted by molar-refractivity contribution is -0.266. The van der Waals surface area contributed by atoms with E-state index >= 15 is 0 Å². The van der Waals surface area contributed by atoms with Gasteiger partial charge in [-0.25, -0.2) is 19.4 Å². The van der Waals surface area contributed by atoms with Gasteiger partial charge >= 0.3 is 11.9 Å². The molecule has 0 aromatic heterocycles. The number of aliphatic hydroxyl groups is 2. The first-order valence-corrected chi connectivity index (χ1v) is 4.48. The Bertz CT molecular complexity index is 229. The molecule has 0 aromatic carbocycles. The molecule has 0 rings (SSSR count). The minimum atomic E-state index is -1.20. The van der Waals surface area contributed by atoms with E-state index < -0.39 is 36.5 Å². The van der Waals surface area contributed by atoms with Crippen molar-refractivity contribution in [2.24, 2.45) is 5.41 Å². The third kappa shape index (κ3) is 6.03. The monoisotopic (exact) mass is 220 g/mol. The van der Waals surface area contributed by atoms with Crippen molar-refractivity contribution in [2.75, 3.05) is 6.61 Å². The van der Waals surface area contributed by atoms with Gasteiger partial charge in [0.05, 0.1) is 24.5 Å². The number of aliphatic hydroxyl groups excluding tert-OH is 2. The predicted octanol–water partition coefficient (Wildman–Crippen LogP) is -0.223. The van der Waals surface area contributed by atoms with Crippen molar-refractivity contribution in [3.05, 3.63) is 0 Å². The summed E-state index contributed by atoms with van der Waals surface area (Å²) < 4.78 is 0. The molecule has 0 amide bonds. The third-order valence-corrected chi connectivity index (χ3v) is 1.44. The zero-order valence-electron chi connectivity index (χ0n) is 9.02. The normalized spacial score (nSPS) is 13.1. The number of carbonyl (C=O) groups is 2. The van der Waals surface area contributed by atoms with Gasteiger partial charge in [-0.1, -0.05) is 0 Å². The van der Waals surface area contributed by atoms with Crippen molar-refractivity contribution in [2.45, 2.75) is 33.3 Å². The lowest BCUT2D eigenvalue weighted by atomic mass is 9.98. The fourth-order valence-corrected chi connectivity index (χ4v) is 0.500. The van der Waals surface area contributed by atoms with E-state index in [1.165, 1.54) is 0 Å². The maximum Gasteiger partial charge on any atom is 0.360 e. The number of hydrogen-bond acceptors (Lipinski definition) is 6. The lowest BCUT2D eigenvalue weighted by Gasteiger charge is -2.14. The maximum absolute atomic E-state index is 11.1. The lowest BCUT2D eigenvalue weighted by Crippen LogP contribution is -2.26. The van der Waals surface area contributed by atoms with E-state index in [1.54, 1.807) is 20.8 Å². The first kappa shape index (κ1) is 13.9. The summed E-state index contributed by atoms with van der Waals surface area (Å²) in [4.78, 5) is 30.4. The van der Waals surface area contributed by atoms with Gasteiger partial charge in [0.1, 0.15) is 0 Å². The van der Waals surface area contributed by atoms with Crippen LogP contribution in [0.4, 0.5) is 0 Å². The van der Waals surface area contributed by atoms with E-state index in [9.17, 15) is 9.59 Å². The van der Waals surface area contributed by atoms with Crippen molar-refractivity contribution in [1.29, 1.82) is 0 Å². The van der Waals surface area contributed by atoms with Gasteiger partial charge in [0.15, 0.2) is 0 Å². The van der Waals surface area contributed by atoms with Crippen LogP contribution in [-0.2, 0) is 19.4 Å². The highest BCUT2D eigenvalue weighted by Crippen LogP contribution is 2.15. The molecule has 1 atom stereocenters. The first-order valence-electron chi connectivity index (χ1n) is 4.48. The van der Waals surface area contributed by atoms with E-state index in [4.69, 9.17) is 10.2 Å². The molecule has 0 heterocycles. The molecular formula is C9H16O6. The molecule has 6 heteroatoms. The third-order valence-electron chi connectivity index (χ3n) is 1.44.